The summed E-state index contributed by atoms with van der Waals surface area (Å²) in [6.45, 7) is 2.39. The van der Waals surface area contributed by atoms with E-state index in [1.807, 2.05) is 0 Å². The zero-order chi connectivity index (χ0) is 9.97. The second-order valence-electron chi connectivity index (χ2n) is 3.77. The standard InChI is InChI=1S/C9H15N3O2/c13-8-2-1-6(12-8)9(14)7-5-10-3-4-11-7/h6-7,10-11H,1-5H2,(H,12,13)/t6-,7+/m0/s1. The Labute approximate surface area is 82.6 Å². The minimum atomic E-state index is -0.264. The summed E-state index contributed by atoms with van der Waals surface area (Å²) in [5.74, 6) is 0.107. The lowest BCUT2D eigenvalue weighted by atomic mass is 10.0. The van der Waals surface area contributed by atoms with E-state index in [1.54, 1.807) is 0 Å². The lowest BCUT2D eigenvalue weighted by molar-refractivity contribution is -0.125. The van der Waals surface area contributed by atoms with Crippen LogP contribution in [-0.2, 0) is 9.59 Å². The Kier molecular flexibility index (Phi) is 2.79. The van der Waals surface area contributed by atoms with Gasteiger partial charge >= 0.3 is 0 Å². The van der Waals surface area contributed by atoms with E-state index in [2.05, 4.69) is 16.0 Å². The van der Waals surface area contributed by atoms with E-state index in [9.17, 15) is 9.59 Å². The van der Waals surface area contributed by atoms with Gasteiger partial charge in [-0.05, 0) is 6.42 Å². The van der Waals surface area contributed by atoms with E-state index >= 15 is 0 Å². The molecular weight excluding hydrogens is 182 g/mol. The molecule has 1 amide bonds. The van der Waals surface area contributed by atoms with Crippen LogP contribution in [0.3, 0.4) is 0 Å². The summed E-state index contributed by atoms with van der Waals surface area (Å²) >= 11 is 0. The van der Waals surface area contributed by atoms with Crippen molar-refractivity contribution in [3.8, 4) is 0 Å². The first-order chi connectivity index (χ1) is 6.77. The van der Waals surface area contributed by atoms with Crippen molar-refractivity contribution >= 4 is 11.7 Å². The largest absolute Gasteiger partial charge is 0.346 e. The van der Waals surface area contributed by atoms with Crippen LogP contribution in [0.5, 0.6) is 0 Å². The van der Waals surface area contributed by atoms with Crippen molar-refractivity contribution in [3.63, 3.8) is 0 Å². The average molecular weight is 197 g/mol. The summed E-state index contributed by atoms with van der Waals surface area (Å²) in [5, 5.41) is 9.00. The number of hydrogen-bond acceptors (Lipinski definition) is 4. The summed E-state index contributed by atoms with van der Waals surface area (Å²) in [7, 11) is 0. The van der Waals surface area contributed by atoms with Gasteiger partial charge in [-0.15, -0.1) is 0 Å². The molecule has 0 radical (unpaired) electrons. The van der Waals surface area contributed by atoms with Gasteiger partial charge < -0.3 is 16.0 Å². The van der Waals surface area contributed by atoms with Gasteiger partial charge in [0.25, 0.3) is 0 Å². The number of amides is 1. The minimum Gasteiger partial charge on any atom is -0.346 e. The zero-order valence-electron chi connectivity index (χ0n) is 8.01. The van der Waals surface area contributed by atoms with Crippen molar-refractivity contribution < 1.29 is 9.59 Å². The van der Waals surface area contributed by atoms with Crippen LogP contribution in [-0.4, -0.2) is 43.4 Å². The lowest BCUT2D eigenvalue weighted by Gasteiger charge is -2.25. The molecule has 2 aliphatic heterocycles. The topological polar surface area (TPSA) is 70.2 Å². The van der Waals surface area contributed by atoms with E-state index in [4.69, 9.17) is 0 Å². The van der Waals surface area contributed by atoms with E-state index in [1.165, 1.54) is 0 Å². The number of hydrogen-bond donors (Lipinski definition) is 3. The van der Waals surface area contributed by atoms with Gasteiger partial charge in [0.15, 0.2) is 5.78 Å². The molecule has 14 heavy (non-hydrogen) atoms. The molecule has 0 bridgehead atoms. The van der Waals surface area contributed by atoms with Crippen LogP contribution in [0.15, 0.2) is 0 Å². The maximum Gasteiger partial charge on any atom is 0.220 e. The van der Waals surface area contributed by atoms with Crippen molar-refractivity contribution in [2.75, 3.05) is 19.6 Å². The maximum absolute atomic E-state index is 11.8. The molecule has 0 aromatic rings. The van der Waals surface area contributed by atoms with Gasteiger partial charge in [-0.3, -0.25) is 9.59 Å². The highest BCUT2D eigenvalue weighted by atomic mass is 16.2. The first-order valence-corrected chi connectivity index (χ1v) is 5.04. The molecule has 0 aromatic carbocycles. The van der Waals surface area contributed by atoms with Crippen molar-refractivity contribution in [2.45, 2.75) is 24.9 Å². The van der Waals surface area contributed by atoms with E-state index in [0.717, 1.165) is 13.1 Å². The van der Waals surface area contributed by atoms with Gasteiger partial charge in [-0.2, -0.15) is 0 Å². The smallest absolute Gasteiger partial charge is 0.220 e. The summed E-state index contributed by atoms with van der Waals surface area (Å²) in [6.07, 6.45) is 1.13. The molecule has 0 spiro atoms. The van der Waals surface area contributed by atoms with Crippen molar-refractivity contribution in [2.24, 2.45) is 0 Å². The van der Waals surface area contributed by atoms with Crippen LogP contribution < -0.4 is 16.0 Å². The monoisotopic (exact) mass is 197 g/mol. The fourth-order valence-electron chi connectivity index (χ4n) is 1.92. The fraction of sp³-hybridized carbons (Fsp3) is 0.778. The number of piperazine rings is 1. The highest BCUT2D eigenvalue weighted by Gasteiger charge is 2.32. The molecule has 3 N–H and O–H groups in total. The highest BCUT2D eigenvalue weighted by molar-refractivity contribution is 5.95. The molecule has 0 aliphatic carbocycles. The molecule has 2 atom stereocenters. The Morgan fingerprint density at radius 2 is 2.14 bits per heavy atom. The Morgan fingerprint density at radius 3 is 2.71 bits per heavy atom. The zero-order valence-corrected chi connectivity index (χ0v) is 8.01. The molecule has 0 aromatic heterocycles. The molecule has 2 heterocycles. The number of nitrogens with one attached hydrogen (secondary N) is 3. The van der Waals surface area contributed by atoms with E-state index in [-0.39, 0.29) is 23.8 Å². The van der Waals surface area contributed by atoms with Crippen LogP contribution in [0, 0.1) is 0 Å². The van der Waals surface area contributed by atoms with Gasteiger partial charge in [0.2, 0.25) is 5.91 Å². The minimum absolute atomic E-state index is 0.00730. The predicted molar refractivity (Wildman–Crippen MR) is 50.8 cm³/mol. The Hall–Kier alpha value is -0.940. The highest BCUT2D eigenvalue weighted by Crippen LogP contribution is 2.09. The third-order valence-electron chi connectivity index (χ3n) is 2.72. The molecule has 0 saturated carbocycles. The third kappa shape index (κ3) is 1.93. The second kappa shape index (κ2) is 4.06. The second-order valence-corrected chi connectivity index (χ2v) is 3.77. The van der Waals surface area contributed by atoms with Crippen molar-refractivity contribution in [1.29, 1.82) is 0 Å². The summed E-state index contributed by atoms with van der Waals surface area (Å²) < 4.78 is 0. The molecule has 0 unspecified atom stereocenters. The van der Waals surface area contributed by atoms with Crippen LogP contribution in [0.4, 0.5) is 0 Å². The van der Waals surface area contributed by atoms with Crippen molar-refractivity contribution in [3.05, 3.63) is 0 Å². The lowest BCUT2D eigenvalue weighted by Crippen LogP contribution is -2.56. The van der Waals surface area contributed by atoms with Crippen LogP contribution >= 0.6 is 0 Å². The Balaban J connectivity index is 1.90. The summed E-state index contributed by atoms with van der Waals surface area (Å²) in [5.41, 5.74) is 0. The number of ketones is 1. The van der Waals surface area contributed by atoms with Gasteiger partial charge in [0, 0.05) is 26.1 Å². The average Bonchev–Trinajstić information content (AvgIpc) is 2.65. The van der Waals surface area contributed by atoms with Crippen LogP contribution in [0.1, 0.15) is 12.8 Å². The molecular formula is C9H15N3O2. The molecule has 2 saturated heterocycles. The Bertz CT molecular complexity index is 248. The molecule has 2 aliphatic rings. The van der Waals surface area contributed by atoms with Gasteiger partial charge in [0.05, 0.1) is 12.1 Å². The predicted octanol–water partition coefficient (Wildman–Crippen LogP) is -1.60. The number of carbonyl (C=O) groups is 2. The summed E-state index contributed by atoms with van der Waals surface area (Å²) in [6, 6.07) is -0.396. The number of carbonyl (C=O) groups excluding carboxylic acids is 2. The first-order valence-electron chi connectivity index (χ1n) is 5.04. The summed E-state index contributed by atoms with van der Waals surface area (Å²) in [4.78, 5) is 22.8. The molecule has 78 valence electrons. The first kappa shape index (κ1) is 9.61. The quantitative estimate of drug-likeness (QED) is 0.498. The molecule has 5 heteroatoms. The Morgan fingerprint density at radius 1 is 1.29 bits per heavy atom. The van der Waals surface area contributed by atoms with Crippen molar-refractivity contribution in [1.82, 2.24) is 16.0 Å². The van der Waals surface area contributed by atoms with E-state index in [0.29, 0.717) is 19.4 Å². The third-order valence-corrected chi connectivity index (χ3v) is 2.72. The van der Waals surface area contributed by atoms with Crippen LogP contribution in [0.2, 0.25) is 0 Å². The van der Waals surface area contributed by atoms with Gasteiger partial charge in [-0.1, -0.05) is 0 Å². The number of Topliss-reactive ketones (excluding diaryl/α,β-unsaturated/α-hetero) is 1. The molecule has 2 rings (SSSR count). The molecule has 5 nitrogen and oxygen atoms in total. The number of rotatable bonds is 2. The van der Waals surface area contributed by atoms with Gasteiger partial charge in [0.1, 0.15) is 0 Å². The molecule has 2 fully saturated rings. The maximum atomic E-state index is 11.8. The SMILES string of the molecule is O=C1CC[C@@H](C(=O)[C@H]2CNCCN2)N1. The van der Waals surface area contributed by atoms with Crippen LogP contribution in [0.25, 0.3) is 0 Å². The van der Waals surface area contributed by atoms with E-state index < -0.39 is 0 Å². The van der Waals surface area contributed by atoms with Gasteiger partial charge in [-0.25, -0.2) is 0 Å². The normalized spacial score (nSPS) is 32.7. The fourth-order valence-corrected chi connectivity index (χ4v) is 1.92.